The van der Waals surface area contributed by atoms with Gasteiger partial charge in [-0.25, -0.2) is 5.43 Å². The third-order valence-electron chi connectivity index (χ3n) is 3.79. The van der Waals surface area contributed by atoms with Crippen LogP contribution in [0.4, 0.5) is 0 Å². The maximum absolute atomic E-state index is 11.9. The Kier molecular flexibility index (Phi) is 6.00. The predicted octanol–water partition coefficient (Wildman–Crippen LogP) is 2.94. The Hall–Kier alpha value is -3.02. The van der Waals surface area contributed by atoms with Crippen LogP contribution in [-0.2, 0) is 4.79 Å². The molecule has 2 rings (SSSR count). The molecular weight excluding hydrogens is 320 g/mol. The van der Waals surface area contributed by atoms with Crippen molar-refractivity contribution in [1.82, 2.24) is 5.43 Å². The van der Waals surface area contributed by atoms with E-state index in [1.54, 1.807) is 19.1 Å². The zero-order chi connectivity index (χ0) is 18.4. The molecule has 0 saturated heterocycles. The van der Waals surface area contributed by atoms with E-state index in [1.807, 2.05) is 32.0 Å². The summed E-state index contributed by atoms with van der Waals surface area (Å²) < 4.78 is 10.6. The number of phenols is 1. The van der Waals surface area contributed by atoms with Gasteiger partial charge in [0.25, 0.3) is 5.91 Å². The fraction of sp³-hybridized carbons (Fsp3) is 0.263. The lowest BCUT2D eigenvalue weighted by Crippen LogP contribution is -2.25. The van der Waals surface area contributed by atoms with Gasteiger partial charge in [0, 0.05) is 5.56 Å². The van der Waals surface area contributed by atoms with Crippen LogP contribution in [0.1, 0.15) is 23.6 Å². The molecule has 0 atom stereocenters. The summed E-state index contributed by atoms with van der Waals surface area (Å²) in [7, 11) is 1.54. The Labute approximate surface area is 147 Å². The van der Waals surface area contributed by atoms with Gasteiger partial charge in [0.05, 0.1) is 12.8 Å². The number of ether oxygens (including phenoxy) is 2. The van der Waals surface area contributed by atoms with Crippen LogP contribution in [0.15, 0.2) is 41.5 Å². The summed E-state index contributed by atoms with van der Waals surface area (Å²) in [4.78, 5) is 11.9. The highest BCUT2D eigenvalue weighted by atomic mass is 16.5. The largest absolute Gasteiger partial charge is 0.507 e. The predicted molar refractivity (Wildman–Crippen MR) is 96.4 cm³/mol. The number of carbonyl (C=O) groups excluding carboxylic acids is 1. The number of nitrogens with zero attached hydrogens (tertiary/aromatic N) is 1. The first kappa shape index (κ1) is 18.3. The highest BCUT2D eigenvalue weighted by Crippen LogP contribution is 2.23. The minimum Gasteiger partial charge on any atom is -0.507 e. The van der Waals surface area contributed by atoms with E-state index in [9.17, 15) is 9.90 Å². The fourth-order valence-corrected chi connectivity index (χ4v) is 2.12. The maximum Gasteiger partial charge on any atom is 0.277 e. The van der Waals surface area contributed by atoms with Crippen molar-refractivity contribution in [2.45, 2.75) is 20.8 Å². The first-order chi connectivity index (χ1) is 11.9. The van der Waals surface area contributed by atoms with Gasteiger partial charge < -0.3 is 14.6 Å². The minimum absolute atomic E-state index is 0.0580. The van der Waals surface area contributed by atoms with E-state index in [2.05, 4.69) is 10.5 Å². The number of nitrogens with one attached hydrogen (secondary N) is 1. The number of hydrazone groups is 1. The van der Waals surface area contributed by atoms with Crippen LogP contribution in [-0.4, -0.2) is 30.4 Å². The van der Waals surface area contributed by atoms with Crippen molar-refractivity contribution >= 4 is 11.6 Å². The van der Waals surface area contributed by atoms with Crippen LogP contribution in [0, 0.1) is 13.8 Å². The lowest BCUT2D eigenvalue weighted by Gasteiger charge is -2.09. The van der Waals surface area contributed by atoms with Gasteiger partial charge in [-0.2, -0.15) is 5.10 Å². The molecule has 0 spiro atoms. The van der Waals surface area contributed by atoms with Gasteiger partial charge in [-0.3, -0.25) is 4.79 Å². The Morgan fingerprint density at radius 1 is 1.12 bits per heavy atom. The van der Waals surface area contributed by atoms with Gasteiger partial charge in [0.1, 0.15) is 17.2 Å². The highest BCUT2D eigenvalue weighted by Gasteiger charge is 2.08. The van der Waals surface area contributed by atoms with Crippen LogP contribution in [0.2, 0.25) is 0 Å². The number of rotatable bonds is 6. The molecule has 6 heteroatoms. The smallest absolute Gasteiger partial charge is 0.277 e. The molecule has 1 amide bonds. The van der Waals surface area contributed by atoms with E-state index in [0.29, 0.717) is 22.8 Å². The summed E-state index contributed by atoms with van der Waals surface area (Å²) in [5.74, 6) is 0.888. The van der Waals surface area contributed by atoms with Crippen LogP contribution < -0.4 is 14.9 Å². The lowest BCUT2D eigenvalue weighted by atomic mass is 10.1. The lowest BCUT2D eigenvalue weighted by molar-refractivity contribution is -0.123. The molecule has 0 aliphatic carbocycles. The normalized spacial score (nSPS) is 11.1. The van der Waals surface area contributed by atoms with Crippen molar-refractivity contribution in [3.63, 3.8) is 0 Å². The number of hydrogen-bond donors (Lipinski definition) is 2. The molecule has 0 aliphatic rings. The Bertz CT molecular complexity index is 800. The average Bonchev–Trinajstić information content (AvgIpc) is 2.61. The van der Waals surface area contributed by atoms with Crippen molar-refractivity contribution in [3.05, 3.63) is 53.1 Å². The number of phenolic OH excluding ortho intramolecular Hbond substituents is 1. The van der Waals surface area contributed by atoms with Crippen molar-refractivity contribution in [3.8, 4) is 17.2 Å². The number of amides is 1. The van der Waals surface area contributed by atoms with E-state index in [-0.39, 0.29) is 18.3 Å². The summed E-state index contributed by atoms with van der Waals surface area (Å²) in [6.45, 7) is 5.52. The van der Waals surface area contributed by atoms with Gasteiger partial charge in [0.15, 0.2) is 6.61 Å². The summed E-state index contributed by atoms with van der Waals surface area (Å²) in [6.07, 6.45) is 0. The zero-order valence-electron chi connectivity index (χ0n) is 14.8. The molecule has 25 heavy (non-hydrogen) atoms. The molecular formula is C19H22N2O4. The van der Waals surface area contributed by atoms with E-state index in [1.165, 1.54) is 13.2 Å². The number of aromatic hydroxyl groups is 1. The van der Waals surface area contributed by atoms with Crippen molar-refractivity contribution in [2.75, 3.05) is 13.7 Å². The molecule has 0 heterocycles. The van der Waals surface area contributed by atoms with Crippen LogP contribution in [0.25, 0.3) is 0 Å². The highest BCUT2D eigenvalue weighted by molar-refractivity contribution is 6.01. The molecule has 132 valence electrons. The van der Waals surface area contributed by atoms with E-state index in [4.69, 9.17) is 9.47 Å². The SMILES string of the molecule is COc1ccc(O)c(/C(C)=N/NC(=O)COc2ccc(C)c(C)c2)c1. The van der Waals surface area contributed by atoms with E-state index >= 15 is 0 Å². The topological polar surface area (TPSA) is 80.2 Å². The van der Waals surface area contributed by atoms with Crippen molar-refractivity contribution < 1.29 is 19.4 Å². The third kappa shape index (κ3) is 4.97. The first-order valence-corrected chi connectivity index (χ1v) is 7.81. The molecule has 6 nitrogen and oxygen atoms in total. The molecule has 0 fully saturated rings. The van der Waals surface area contributed by atoms with Crippen molar-refractivity contribution in [2.24, 2.45) is 5.10 Å². The number of methoxy groups -OCH3 is 1. The molecule has 0 saturated carbocycles. The van der Waals surface area contributed by atoms with Gasteiger partial charge in [-0.05, 0) is 62.2 Å². The molecule has 2 aromatic rings. The summed E-state index contributed by atoms with van der Waals surface area (Å²) >= 11 is 0. The van der Waals surface area contributed by atoms with E-state index in [0.717, 1.165) is 11.1 Å². The fourth-order valence-electron chi connectivity index (χ4n) is 2.12. The second-order valence-electron chi connectivity index (χ2n) is 5.65. The Morgan fingerprint density at radius 2 is 1.84 bits per heavy atom. The molecule has 0 aromatic heterocycles. The maximum atomic E-state index is 11.9. The zero-order valence-corrected chi connectivity index (χ0v) is 14.8. The molecule has 0 radical (unpaired) electrons. The summed E-state index contributed by atoms with van der Waals surface area (Å²) in [5.41, 5.74) is 5.61. The summed E-state index contributed by atoms with van der Waals surface area (Å²) in [6, 6.07) is 10.4. The second kappa shape index (κ2) is 8.19. The van der Waals surface area contributed by atoms with Crippen molar-refractivity contribution in [1.29, 1.82) is 0 Å². The average molecular weight is 342 g/mol. The van der Waals surface area contributed by atoms with E-state index < -0.39 is 0 Å². The third-order valence-corrected chi connectivity index (χ3v) is 3.79. The Morgan fingerprint density at radius 3 is 2.52 bits per heavy atom. The second-order valence-corrected chi connectivity index (χ2v) is 5.65. The van der Waals surface area contributed by atoms with Gasteiger partial charge in [-0.1, -0.05) is 6.07 Å². The number of aryl methyl sites for hydroxylation is 2. The van der Waals surface area contributed by atoms with Crippen LogP contribution >= 0.6 is 0 Å². The van der Waals surface area contributed by atoms with Gasteiger partial charge in [0.2, 0.25) is 0 Å². The van der Waals surface area contributed by atoms with Gasteiger partial charge >= 0.3 is 0 Å². The minimum atomic E-state index is -0.389. The molecule has 2 N–H and O–H groups in total. The number of carbonyl (C=O) groups is 1. The Balaban J connectivity index is 1.96. The molecule has 0 bridgehead atoms. The van der Waals surface area contributed by atoms with Crippen LogP contribution in [0.5, 0.6) is 17.2 Å². The van der Waals surface area contributed by atoms with Crippen LogP contribution in [0.3, 0.4) is 0 Å². The molecule has 0 aliphatic heterocycles. The van der Waals surface area contributed by atoms with Gasteiger partial charge in [-0.15, -0.1) is 0 Å². The standard InChI is InChI=1S/C19H22N2O4/c1-12-5-6-16(9-13(12)2)25-11-19(23)21-20-14(3)17-10-15(24-4)7-8-18(17)22/h5-10,22H,11H2,1-4H3,(H,21,23)/b20-14+. The molecule has 2 aromatic carbocycles. The first-order valence-electron chi connectivity index (χ1n) is 7.81. The monoisotopic (exact) mass is 342 g/mol. The molecule has 0 unspecified atom stereocenters. The summed E-state index contributed by atoms with van der Waals surface area (Å²) in [5, 5.41) is 13.9. The quantitative estimate of drug-likeness (QED) is 0.625. The number of hydrogen-bond acceptors (Lipinski definition) is 5. The number of benzene rings is 2.